The van der Waals surface area contributed by atoms with Gasteiger partial charge in [-0.15, -0.1) is 0 Å². The lowest BCUT2D eigenvalue weighted by Gasteiger charge is -2.13. The van der Waals surface area contributed by atoms with Gasteiger partial charge in [-0.25, -0.2) is 13.2 Å². The lowest BCUT2D eigenvalue weighted by Crippen LogP contribution is -2.21. The third kappa shape index (κ3) is 1.38. The van der Waals surface area contributed by atoms with Crippen molar-refractivity contribution in [2.75, 3.05) is 0 Å². The summed E-state index contributed by atoms with van der Waals surface area (Å²) in [5.74, 6) is -13.5. The molecule has 17 heavy (non-hydrogen) atoms. The van der Waals surface area contributed by atoms with Gasteiger partial charge in [0.25, 0.3) is 0 Å². The van der Waals surface area contributed by atoms with Gasteiger partial charge in [-0.05, 0) is 6.07 Å². The number of rotatable bonds is 0. The summed E-state index contributed by atoms with van der Waals surface area (Å²) >= 11 is 0. The quantitative estimate of drug-likeness (QED) is 0.522. The minimum atomic E-state index is -2.12. The van der Waals surface area contributed by atoms with E-state index in [2.05, 4.69) is 0 Å². The normalized spacial score (nSPS) is 15.4. The number of carbonyl (C=O) groups is 2. The van der Waals surface area contributed by atoms with Gasteiger partial charge in [-0.1, -0.05) is 0 Å². The van der Waals surface area contributed by atoms with E-state index in [-0.39, 0.29) is 6.07 Å². The molecule has 0 saturated heterocycles. The van der Waals surface area contributed by atoms with Gasteiger partial charge >= 0.3 is 0 Å². The first-order chi connectivity index (χ1) is 7.86. The number of hydrogen-bond donors (Lipinski definition) is 0. The van der Waals surface area contributed by atoms with Crippen LogP contribution in [0, 0.1) is 17.5 Å². The fourth-order valence-corrected chi connectivity index (χ4v) is 1.42. The van der Waals surface area contributed by atoms with Crippen LogP contribution < -0.4 is 0 Å². The second-order valence-electron chi connectivity index (χ2n) is 3.20. The molecule has 1 aliphatic rings. The largest absolute Gasteiger partial charge is 0.286 e. The summed E-state index contributed by atoms with van der Waals surface area (Å²) < 4.78 is 64.5. The van der Waals surface area contributed by atoms with Crippen molar-refractivity contribution < 1.29 is 31.5 Å². The molecule has 1 aromatic carbocycles. The number of carbonyl (C=O) groups excluding carboxylic acids is 2. The number of fused-ring (bicyclic) bond motifs is 1. The Labute approximate surface area is 90.3 Å². The van der Waals surface area contributed by atoms with Gasteiger partial charge in [-0.2, -0.15) is 8.78 Å². The molecule has 0 fully saturated rings. The second kappa shape index (κ2) is 3.47. The molecule has 88 valence electrons. The van der Waals surface area contributed by atoms with Crippen molar-refractivity contribution in [2.24, 2.45) is 0 Å². The van der Waals surface area contributed by atoms with Crippen LogP contribution in [-0.4, -0.2) is 11.6 Å². The highest BCUT2D eigenvalue weighted by Gasteiger charge is 2.37. The van der Waals surface area contributed by atoms with E-state index in [1.807, 2.05) is 0 Å². The molecule has 0 saturated carbocycles. The molecule has 0 bridgehead atoms. The van der Waals surface area contributed by atoms with Gasteiger partial charge in [-0.3, -0.25) is 9.59 Å². The van der Waals surface area contributed by atoms with E-state index in [9.17, 15) is 31.5 Å². The second-order valence-corrected chi connectivity index (χ2v) is 3.20. The molecule has 0 unspecified atom stereocenters. The summed E-state index contributed by atoms with van der Waals surface area (Å²) in [6.07, 6.45) is 0. The van der Waals surface area contributed by atoms with Crippen LogP contribution in [0.5, 0.6) is 0 Å². The lowest BCUT2D eigenvalue weighted by molar-refractivity contribution is 0.0926. The van der Waals surface area contributed by atoms with Crippen molar-refractivity contribution in [1.82, 2.24) is 0 Å². The Balaban J connectivity index is 2.86. The highest BCUT2D eigenvalue weighted by atomic mass is 19.2. The van der Waals surface area contributed by atoms with Crippen LogP contribution in [-0.2, 0) is 0 Å². The minimum absolute atomic E-state index is 0.153. The third-order valence-corrected chi connectivity index (χ3v) is 2.23. The molecule has 0 aliphatic heterocycles. The highest BCUT2D eigenvalue weighted by molar-refractivity contribution is 6.25. The summed E-state index contributed by atoms with van der Waals surface area (Å²) in [5.41, 5.74) is -2.34. The molecular formula is C10HF5O2. The summed E-state index contributed by atoms with van der Waals surface area (Å²) in [6.45, 7) is 0. The van der Waals surface area contributed by atoms with Crippen LogP contribution in [0.25, 0.3) is 0 Å². The van der Waals surface area contributed by atoms with Crippen LogP contribution in [0.2, 0.25) is 0 Å². The Morgan fingerprint density at radius 2 is 1.29 bits per heavy atom. The topological polar surface area (TPSA) is 34.1 Å². The molecule has 0 N–H and O–H groups in total. The predicted molar refractivity (Wildman–Crippen MR) is 44.2 cm³/mol. The Hall–Kier alpha value is -2.05. The van der Waals surface area contributed by atoms with Crippen molar-refractivity contribution >= 4 is 11.6 Å². The molecule has 0 amide bonds. The molecule has 0 spiro atoms. The van der Waals surface area contributed by atoms with Gasteiger partial charge in [0.15, 0.2) is 17.5 Å². The molecular weight excluding hydrogens is 247 g/mol. The average molecular weight is 248 g/mol. The Morgan fingerprint density at radius 1 is 0.765 bits per heavy atom. The van der Waals surface area contributed by atoms with Crippen molar-refractivity contribution in [3.05, 3.63) is 46.3 Å². The maximum absolute atomic E-state index is 13.2. The number of benzene rings is 1. The molecule has 7 heteroatoms. The molecule has 2 nitrogen and oxygen atoms in total. The van der Waals surface area contributed by atoms with Gasteiger partial charge in [0, 0.05) is 5.56 Å². The van der Waals surface area contributed by atoms with Gasteiger partial charge in [0.2, 0.25) is 23.2 Å². The zero-order chi connectivity index (χ0) is 12.9. The summed E-state index contributed by atoms with van der Waals surface area (Å²) in [7, 11) is 0. The van der Waals surface area contributed by atoms with Crippen molar-refractivity contribution in [2.45, 2.75) is 0 Å². The fourth-order valence-electron chi connectivity index (χ4n) is 1.42. The SMILES string of the molecule is O=C1C(F)=C(F)C(=O)c2c1cc(F)c(F)c2F. The maximum atomic E-state index is 13.2. The first-order valence-electron chi connectivity index (χ1n) is 4.18. The first kappa shape index (κ1) is 11.4. The predicted octanol–water partition coefficient (Wildman–Crippen LogP) is 2.63. The number of halogens is 5. The Morgan fingerprint density at radius 3 is 1.88 bits per heavy atom. The Bertz CT molecular complexity index is 603. The van der Waals surface area contributed by atoms with Crippen LogP contribution in [0.3, 0.4) is 0 Å². The number of allylic oxidation sites excluding steroid dienone is 2. The average Bonchev–Trinajstić information content (AvgIpc) is 2.30. The van der Waals surface area contributed by atoms with Crippen molar-refractivity contribution in [1.29, 1.82) is 0 Å². The molecule has 1 aromatic rings. The van der Waals surface area contributed by atoms with E-state index >= 15 is 0 Å². The Kier molecular flexibility index (Phi) is 2.34. The zero-order valence-electron chi connectivity index (χ0n) is 7.78. The number of ketones is 2. The van der Waals surface area contributed by atoms with Crippen LogP contribution >= 0.6 is 0 Å². The summed E-state index contributed by atoms with van der Waals surface area (Å²) in [6, 6.07) is 0.153. The van der Waals surface area contributed by atoms with E-state index in [1.54, 1.807) is 0 Å². The van der Waals surface area contributed by atoms with Crippen LogP contribution in [0.1, 0.15) is 20.7 Å². The summed E-state index contributed by atoms with van der Waals surface area (Å²) in [4.78, 5) is 22.2. The monoisotopic (exact) mass is 248 g/mol. The number of hydrogen-bond acceptors (Lipinski definition) is 2. The van der Waals surface area contributed by atoms with E-state index in [1.165, 1.54) is 0 Å². The molecule has 2 rings (SSSR count). The zero-order valence-corrected chi connectivity index (χ0v) is 7.78. The van der Waals surface area contributed by atoms with Gasteiger partial charge in [0.1, 0.15) is 0 Å². The smallest absolute Gasteiger partial charge is 0.228 e. The molecule has 0 aromatic heterocycles. The van der Waals surface area contributed by atoms with Crippen LogP contribution in [0.4, 0.5) is 22.0 Å². The van der Waals surface area contributed by atoms with E-state index in [0.717, 1.165) is 0 Å². The van der Waals surface area contributed by atoms with Crippen molar-refractivity contribution in [3.63, 3.8) is 0 Å². The van der Waals surface area contributed by atoms with Gasteiger partial charge < -0.3 is 0 Å². The van der Waals surface area contributed by atoms with E-state index in [0.29, 0.717) is 0 Å². The van der Waals surface area contributed by atoms with Crippen LogP contribution in [0.15, 0.2) is 17.7 Å². The van der Waals surface area contributed by atoms with Gasteiger partial charge in [0.05, 0.1) is 5.56 Å². The molecule has 1 aliphatic carbocycles. The maximum Gasteiger partial charge on any atom is 0.228 e. The third-order valence-electron chi connectivity index (χ3n) is 2.23. The summed E-state index contributed by atoms with van der Waals surface area (Å²) in [5, 5.41) is 0. The highest BCUT2D eigenvalue weighted by Crippen LogP contribution is 2.31. The first-order valence-corrected chi connectivity index (χ1v) is 4.18. The van der Waals surface area contributed by atoms with E-state index < -0.39 is 51.8 Å². The standard InChI is InChI=1S/C10HF5O2/c11-3-1-2-4(6(13)5(3)12)10(17)8(15)7(14)9(2)16/h1H. The molecule has 0 radical (unpaired) electrons. The minimum Gasteiger partial charge on any atom is -0.286 e. The van der Waals surface area contributed by atoms with Crippen molar-refractivity contribution in [3.8, 4) is 0 Å². The fraction of sp³-hybridized carbons (Fsp3) is 0. The molecule has 0 heterocycles. The lowest BCUT2D eigenvalue weighted by atomic mass is 9.92. The molecule has 0 atom stereocenters. The number of Topliss-reactive ketones (excluding diaryl/α,β-unsaturated/α-hetero) is 2. The van der Waals surface area contributed by atoms with E-state index in [4.69, 9.17) is 0 Å².